The molecule has 7 heteroatoms. The number of nitrogens with one attached hydrogen (secondary N) is 2. The van der Waals surface area contributed by atoms with Crippen LogP contribution in [0.3, 0.4) is 0 Å². The van der Waals surface area contributed by atoms with Crippen molar-refractivity contribution in [2.75, 3.05) is 10.6 Å². The first-order valence-electron chi connectivity index (χ1n) is 9.91. The van der Waals surface area contributed by atoms with Gasteiger partial charge in [-0.25, -0.2) is 4.79 Å². The number of carbonyl (C=O) groups excluding carboxylic acids is 1. The van der Waals surface area contributed by atoms with Crippen LogP contribution in [0.25, 0.3) is 0 Å². The summed E-state index contributed by atoms with van der Waals surface area (Å²) in [6, 6.07) is 5.79. The molecule has 0 saturated carbocycles. The number of hydrogen-bond donors (Lipinski definition) is 2. The van der Waals surface area contributed by atoms with E-state index < -0.39 is 0 Å². The molecule has 2 aromatic rings. The number of tetrazole rings is 1. The summed E-state index contributed by atoms with van der Waals surface area (Å²) in [5, 5.41) is 17.8. The third-order valence-electron chi connectivity index (χ3n) is 4.50. The summed E-state index contributed by atoms with van der Waals surface area (Å²) in [7, 11) is 0. The van der Waals surface area contributed by atoms with Gasteiger partial charge >= 0.3 is 6.03 Å². The Bertz CT molecular complexity index is 712. The smallest absolute Gasteiger partial charge is 0.307 e. The monoisotopic (exact) mass is 372 g/mol. The van der Waals surface area contributed by atoms with Crippen LogP contribution in [0, 0.1) is 0 Å². The van der Waals surface area contributed by atoms with Gasteiger partial charge in [-0.3, -0.25) is 5.32 Å². The fourth-order valence-corrected chi connectivity index (χ4v) is 3.01. The highest BCUT2D eigenvalue weighted by Crippen LogP contribution is 2.32. The van der Waals surface area contributed by atoms with Gasteiger partial charge in [0.05, 0.1) is 6.54 Å². The van der Waals surface area contributed by atoms with Crippen LogP contribution >= 0.6 is 0 Å². The van der Waals surface area contributed by atoms with Gasteiger partial charge in [0.25, 0.3) is 5.95 Å². The quantitative estimate of drug-likeness (QED) is 0.597. The maximum atomic E-state index is 12.5. The molecule has 0 bridgehead atoms. The highest BCUT2D eigenvalue weighted by molar-refractivity contribution is 5.99. The molecule has 2 rings (SSSR count). The number of rotatable bonds is 9. The highest BCUT2D eigenvalue weighted by atomic mass is 16.2. The van der Waals surface area contributed by atoms with E-state index in [4.69, 9.17) is 0 Å². The molecule has 0 spiro atoms. The van der Waals surface area contributed by atoms with Crippen molar-refractivity contribution in [3.05, 3.63) is 29.3 Å². The van der Waals surface area contributed by atoms with Gasteiger partial charge in [-0.1, -0.05) is 77.2 Å². The molecule has 1 heterocycles. The molecular weight excluding hydrogens is 340 g/mol. The Morgan fingerprint density at radius 1 is 1.04 bits per heavy atom. The Hall–Kier alpha value is -2.44. The third kappa shape index (κ3) is 6.05. The van der Waals surface area contributed by atoms with E-state index in [2.05, 4.69) is 72.8 Å². The third-order valence-corrected chi connectivity index (χ3v) is 4.50. The Morgan fingerprint density at radius 2 is 1.70 bits per heavy atom. The molecule has 1 aromatic heterocycles. The summed E-state index contributed by atoms with van der Waals surface area (Å²) in [4.78, 5) is 14.0. The van der Waals surface area contributed by atoms with Crippen molar-refractivity contribution in [3.8, 4) is 0 Å². The maximum absolute atomic E-state index is 12.5. The molecule has 0 saturated heterocycles. The molecule has 2 amide bonds. The molecule has 7 nitrogen and oxygen atoms in total. The summed E-state index contributed by atoms with van der Waals surface area (Å²) in [5.41, 5.74) is 3.10. The molecule has 2 N–H and O–H groups in total. The lowest BCUT2D eigenvalue weighted by Crippen LogP contribution is -2.22. The van der Waals surface area contributed by atoms with Crippen LogP contribution in [-0.2, 0) is 6.54 Å². The average molecular weight is 373 g/mol. The van der Waals surface area contributed by atoms with E-state index >= 15 is 0 Å². The van der Waals surface area contributed by atoms with Crippen LogP contribution in [0.1, 0.15) is 83.3 Å². The minimum absolute atomic E-state index is 0.219. The molecule has 0 atom stereocenters. The van der Waals surface area contributed by atoms with Crippen molar-refractivity contribution in [3.63, 3.8) is 0 Å². The number of carbonyl (C=O) groups is 1. The molecule has 0 aliphatic rings. The number of urea groups is 1. The number of aromatic nitrogens is 4. The SMILES string of the molecule is CCCCCCn1nnc(NC(=O)Nc2c(C(C)C)cccc2C(C)C)n1. The van der Waals surface area contributed by atoms with Crippen molar-refractivity contribution < 1.29 is 4.79 Å². The summed E-state index contributed by atoms with van der Waals surface area (Å²) >= 11 is 0. The molecule has 0 aliphatic carbocycles. The van der Waals surface area contributed by atoms with Crippen molar-refractivity contribution in [2.24, 2.45) is 0 Å². The minimum atomic E-state index is -0.351. The molecule has 148 valence electrons. The number of hydrogen-bond acceptors (Lipinski definition) is 4. The van der Waals surface area contributed by atoms with E-state index in [1.165, 1.54) is 17.6 Å². The van der Waals surface area contributed by atoms with Gasteiger partial charge in [0, 0.05) is 5.69 Å². The Morgan fingerprint density at radius 3 is 2.30 bits per heavy atom. The molecule has 0 unspecified atom stereocenters. The molecular formula is C20H32N6O. The molecule has 1 aromatic carbocycles. The van der Waals surface area contributed by atoms with Gasteiger partial charge in [0.2, 0.25) is 0 Å². The zero-order chi connectivity index (χ0) is 19.8. The van der Waals surface area contributed by atoms with E-state index in [0.29, 0.717) is 18.4 Å². The van der Waals surface area contributed by atoms with E-state index in [0.717, 1.165) is 29.7 Å². The number of unbranched alkanes of at least 4 members (excludes halogenated alkanes) is 3. The standard InChI is InChI=1S/C20H32N6O/c1-6-7-8-9-13-26-24-19(23-25-26)22-20(27)21-18-16(14(2)3)11-10-12-17(18)15(4)5/h10-12,14-15H,6-9,13H2,1-5H3,(H2,21,22,24,27). The average Bonchev–Trinajstić information content (AvgIpc) is 3.05. The molecule has 27 heavy (non-hydrogen) atoms. The number of para-hydroxylation sites is 1. The van der Waals surface area contributed by atoms with E-state index in [1.54, 1.807) is 0 Å². The summed E-state index contributed by atoms with van der Waals surface area (Å²) < 4.78 is 0. The number of amides is 2. The van der Waals surface area contributed by atoms with Crippen molar-refractivity contribution >= 4 is 17.7 Å². The first-order valence-corrected chi connectivity index (χ1v) is 9.91. The summed E-state index contributed by atoms with van der Waals surface area (Å²) in [6.07, 6.45) is 4.55. The minimum Gasteiger partial charge on any atom is -0.307 e. The first-order chi connectivity index (χ1) is 12.9. The van der Waals surface area contributed by atoms with E-state index in [9.17, 15) is 4.79 Å². The maximum Gasteiger partial charge on any atom is 0.326 e. The van der Waals surface area contributed by atoms with Crippen LogP contribution < -0.4 is 10.6 Å². The van der Waals surface area contributed by atoms with E-state index in [-0.39, 0.29) is 12.0 Å². The van der Waals surface area contributed by atoms with Crippen LogP contribution in [0.15, 0.2) is 18.2 Å². The predicted octanol–water partition coefficient (Wildman–Crippen LogP) is 5.14. The Labute approximate surface area is 161 Å². The molecule has 0 aliphatic heterocycles. The second-order valence-electron chi connectivity index (χ2n) is 7.47. The van der Waals surface area contributed by atoms with Crippen LogP contribution in [0.2, 0.25) is 0 Å². The topological polar surface area (TPSA) is 84.7 Å². The van der Waals surface area contributed by atoms with Crippen molar-refractivity contribution in [1.29, 1.82) is 0 Å². The zero-order valence-electron chi connectivity index (χ0n) is 17.1. The second kappa shape index (κ2) is 10.0. The van der Waals surface area contributed by atoms with Crippen LogP contribution in [0.4, 0.5) is 16.4 Å². The molecule has 0 radical (unpaired) electrons. The zero-order valence-corrected chi connectivity index (χ0v) is 17.1. The highest BCUT2D eigenvalue weighted by Gasteiger charge is 2.16. The fourth-order valence-electron chi connectivity index (χ4n) is 3.01. The van der Waals surface area contributed by atoms with Gasteiger partial charge in [-0.2, -0.15) is 4.80 Å². The first kappa shape index (κ1) is 20.9. The second-order valence-corrected chi connectivity index (χ2v) is 7.47. The van der Waals surface area contributed by atoms with Gasteiger partial charge in [-0.05, 0) is 34.6 Å². The summed E-state index contributed by atoms with van der Waals surface area (Å²) in [5.74, 6) is 0.832. The van der Waals surface area contributed by atoms with Gasteiger partial charge in [-0.15, -0.1) is 5.10 Å². The lowest BCUT2D eigenvalue weighted by molar-refractivity contribution is 0.262. The van der Waals surface area contributed by atoms with Gasteiger partial charge in [0.15, 0.2) is 0 Å². The number of nitrogens with zero attached hydrogens (tertiary/aromatic N) is 4. The largest absolute Gasteiger partial charge is 0.326 e. The molecule has 0 fully saturated rings. The lowest BCUT2D eigenvalue weighted by atomic mass is 9.93. The predicted molar refractivity (Wildman–Crippen MR) is 109 cm³/mol. The Kier molecular flexibility index (Phi) is 7.76. The normalized spacial score (nSPS) is 11.2. The summed E-state index contributed by atoms with van der Waals surface area (Å²) in [6.45, 7) is 11.4. The van der Waals surface area contributed by atoms with E-state index in [1.807, 2.05) is 6.07 Å². The Balaban J connectivity index is 2.03. The van der Waals surface area contributed by atoms with Crippen LogP contribution in [-0.4, -0.2) is 26.2 Å². The van der Waals surface area contributed by atoms with Crippen LogP contribution in [0.5, 0.6) is 0 Å². The number of benzene rings is 1. The fraction of sp³-hybridized carbons (Fsp3) is 0.600. The number of anilines is 2. The number of aryl methyl sites for hydroxylation is 1. The van der Waals surface area contributed by atoms with Gasteiger partial charge < -0.3 is 5.32 Å². The van der Waals surface area contributed by atoms with Gasteiger partial charge in [0.1, 0.15) is 0 Å². The van der Waals surface area contributed by atoms with Crippen molar-refractivity contribution in [2.45, 2.75) is 78.7 Å². The van der Waals surface area contributed by atoms with Crippen molar-refractivity contribution in [1.82, 2.24) is 20.2 Å². The lowest BCUT2D eigenvalue weighted by Gasteiger charge is -2.20.